The summed E-state index contributed by atoms with van der Waals surface area (Å²) in [5, 5.41) is 23.1. The Balaban J connectivity index is 1.58. The third kappa shape index (κ3) is 5.79. The predicted octanol–water partition coefficient (Wildman–Crippen LogP) is 4.53. The molecule has 0 aliphatic carbocycles. The highest BCUT2D eigenvalue weighted by Crippen LogP contribution is 2.26. The second-order valence-electron chi connectivity index (χ2n) is 6.03. The van der Waals surface area contributed by atoms with Crippen LogP contribution >= 0.6 is 11.3 Å². The highest BCUT2D eigenvalue weighted by molar-refractivity contribution is 7.14. The molecule has 0 atom stereocenters. The zero-order valence-electron chi connectivity index (χ0n) is 15.0. The molecular formula is C19H16F2N4O3S. The molecule has 29 heavy (non-hydrogen) atoms. The van der Waals surface area contributed by atoms with Gasteiger partial charge < -0.3 is 15.7 Å². The number of urea groups is 1. The third-order valence-corrected chi connectivity index (χ3v) is 4.85. The Kier molecular flexibility index (Phi) is 6.45. The molecule has 0 spiro atoms. The number of carboxylic acids is 1. The van der Waals surface area contributed by atoms with Crippen molar-refractivity contribution in [2.75, 3.05) is 10.6 Å². The van der Waals surface area contributed by atoms with E-state index in [1.54, 1.807) is 24.3 Å². The number of carbonyl (C=O) groups is 2. The van der Waals surface area contributed by atoms with Gasteiger partial charge in [-0.1, -0.05) is 11.3 Å². The fourth-order valence-electron chi connectivity index (χ4n) is 2.43. The van der Waals surface area contributed by atoms with Crippen molar-refractivity contribution in [3.8, 4) is 10.6 Å². The SMILES string of the molecule is O=C(O)CCCc1nnc(-c2ccc(NC(=O)Nc3ccc(F)cc3F)cc2)s1. The normalized spacial score (nSPS) is 10.6. The lowest BCUT2D eigenvalue weighted by Gasteiger charge is -2.08. The first-order chi connectivity index (χ1) is 13.9. The zero-order chi connectivity index (χ0) is 20.8. The van der Waals surface area contributed by atoms with Gasteiger partial charge in [0.2, 0.25) is 0 Å². The maximum atomic E-state index is 13.6. The van der Waals surface area contributed by atoms with Crippen LogP contribution in [0.1, 0.15) is 17.8 Å². The highest BCUT2D eigenvalue weighted by atomic mass is 32.1. The number of nitrogens with zero attached hydrogens (tertiary/aromatic N) is 2. The largest absolute Gasteiger partial charge is 0.481 e. The fourth-order valence-corrected chi connectivity index (χ4v) is 3.32. The van der Waals surface area contributed by atoms with E-state index < -0.39 is 23.6 Å². The number of nitrogens with one attached hydrogen (secondary N) is 2. The van der Waals surface area contributed by atoms with Crippen LogP contribution in [-0.2, 0) is 11.2 Å². The summed E-state index contributed by atoms with van der Waals surface area (Å²) in [6.07, 6.45) is 1.12. The Hall–Kier alpha value is -3.40. The average molecular weight is 418 g/mol. The number of halogens is 2. The van der Waals surface area contributed by atoms with Crippen molar-refractivity contribution in [2.45, 2.75) is 19.3 Å². The van der Waals surface area contributed by atoms with Gasteiger partial charge in [-0.05, 0) is 42.8 Å². The maximum absolute atomic E-state index is 13.6. The number of amides is 2. The number of rotatable bonds is 7. The second kappa shape index (κ2) is 9.20. The van der Waals surface area contributed by atoms with Crippen molar-refractivity contribution in [2.24, 2.45) is 0 Å². The zero-order valence-corrected chi connectivity index (χ0v) is 15.8. The van der Waals surface area contributed by atoms with E-state index in [1.165, 1.54) is 11.3 Å². The topological polar surface area (TPSA) is 104 Å². The molecule has 0 saturated carbocycles. The molecule has 150 valence electrons. The Bertz CT molecular complexity index is 1020. The van der Waals surface area contributed by atoms with Crippen LogP contribution in [-0.4, -0.2) is 27.3 Å². The minimum absolute atomic E-state index is 0.0825. The molecule has 0 bridgehead atoms. The average Bonchev–Trinajstić information content (AvgIpc) is 3.13. The maximum Gasteiger partial charge on any atom is 0.323 e. The molecule has 0 aliphatic rings. The van der Waals surface area contributed by atoms with Crippen LogP contribution in [0.3, 0.4) is 0 Å². The molecule has 7 nitrogen and oxygen atoms in total. The molecule has 1 aromatic heterocycles. The summed E-state index contributed by atoms with van der Waals surface area (Å²) in [5.41, 5.74) is 1.13. The first-order valence-corrected chi connectivity index (χ1v) is 9.40. The Labute approximate surface area is 168 Å². The molecule has 3 rings (SSSR count). The number of hydrogen-bond acceptors (Lipinski definition) is 5. The lowest BCUT2D eigenvalue weighted by molar-refractivity contribution is -0.137. The van der Waals surface area contributed by atoms with Crippen LogP contribution in [0.2, 0.25) is 0 Å². The molecule has 0 unspecified atom stereocenters. The van der Waals surface area contributed by atoms with Gasteiger partial charge in [0.15, 0.2) is 0 Å². The summed E-state index contributed by atoms with van der Waals surface area (Å²) < 4.78 is 26.5. The van der Waals surface area contributed by atoms with Gasteiger partial charge in [-0.15, -0.1) is 10.2 Å². The Morgan fingerprint density at radius 2 is 1.79 bits per heavy atom. The molecule has 2 aromatic carbocycles. The first-order valence-electron chi connectivity index (χ1n) is 8.58. The van der Waals surface area contributed by atoms with E-state index in [1.807, 2.05) is 0 Å². The van der Waals surface area contributed by atoms with Gasteiger partial charge in [-0.25, -0.2) is 13.6 Å². The van der Waals surface area contributed by atoms with Crippen LogP contribution in [0.25, 0.3) is 10.6 Å². The van der Waals surface area contributed by atoms with Crippen LogP contribution in [0.15, 0.2) is 42.5 Å². The first kappa shape index (κ1) is 20.3. The summed E-state index contributed by atoms with van der Waals surface area (Å²) in [7, 11) is 0. The summed E-state index contributed by atoms with van der Waals surface area (Å²) in [6, 6.07) is 9.00. The number of benzene rings is 2. The highest BCUT2D eigenvalue weighted by Gasteiger charge is 2.10. The number of carboxylic acid groups (broad SMARTS) is 1. The predicted molar refractivity (Wildman–Crippen MR) is 105 cm³/mol. The van der Waals surface area contributed by atoms with Crippen molar-refractivity contribution in [1.29, 1.82) is 0 Å². The number of hydrogen-bond donors (Lipinski definition) is 3. The Morgan fingerprint density at radius 3 is 2.48 bits per heavy atom. The quantitative estimate of drug-likeness (QED) is 0.523. The van der Waals surface area contributed by atoms with E-state index in [0.717, 1.165) is 22.7 Å². The van der Waals surface area contributed by atoms with Crippen LogP contribution in [0.4, 0.5) is 25.0 Å². The molecule has 0 saturated heterocycles. The van der Waals surface area contributed by atoms with Crippen molar-refractivity contribution in [3.05, 3.63) is 59.1 Å². The molecule has 0 aliphatic heterocycles. The molecular weight excluding hydrogens is 402 g/mol. The van der Waals surface area contributed by atoms with E-state index in [4.69, 9.17) is 5.11 Å². The van der Waals surface area contributed by atoms with Gasteiger partial charge in [0.05, 0.1) is 5.69 Å². The smallest absolute Gasteiger partial charge is 0.323 e. The van der Waals surface area contributed by atoms with E-state index in [0.29, 0.717) is 29.6 Å². The summed E-state index contributed by atoms with van der Waals surface area (Å²) in [6.45, 7) is 0. The lowest BCUT2D eigenvalue weighted by atomic mass is 10.2. The number of aliphatic carboxylic acids is 1. The number of aryl methyl sites for hydroxylation is 1. The summed E-state index contributed by atoms with van der Waals surface area (Å²) >= 11 is 1.37. The standard InChI is InChI=1S/C19H16F2N4O3S/c20-12-6-9-15(14(21)10-12)23-19(28)22-13-7-4-11(5-8-13)18-25-24-16(29-18)2-1-3-17(26)27/h4-10H,1-3H2,(H,26,27)(H2,22,23,28). The molecule has 3 N–H and O–H groups in total. The number of aromatic nitrogens is 2. The summed E-state index contributed by atoms with van der Waals surface area (Å²) in [5.74, 6) is -2.44. The van der Waals surface area contributed by atoms with E-state index >= 15 is 0 Å². The Morgan fingerprint density at radius 1 is 1.03 bits per heavy atom. The van der Waals surface area contributed by atoms with E-state index in [-0.39, 0.29) is 12.1 Å². The fraction of sp³-hybridized carbons (Fsp3) is 0.158. The molecule has 10 heteroatoms. The van der Waals surface area contributed by atoms with Crippen LogP contribution in [0, 0.1) is 11.6 Å². The van der Waals surface area contributed by atoms with Gasteiger partial charge in [0, 0.05) is 30.2 Å². The monoisotopic (exact) mass is 418 g/mol. The van der Waals surface area contributed by atoms with Gasteiger partial charge in [0.25, 0.3) is 0 Å². The third-order valence-electron chi connectivity index (χ3n) is 3.82. The van der Waals surface area contributed by atoms with Crippen LogP contribution < -0.4 is 10.6 Å². The van der Waals surface area contributed by atoms with Gasteiger partial charge >= 0.3 is 12.0 Å². The number of anilines is 2. The van der Waals surface area contributed by atoms with Gasteiger partial charge in [0.1, 0.15) is 21.6 Å². The van der Waals surface area contributed by atoms with Crippen molar-refractivity contribution < 1.29 is 23.5 Å². The van der Waals surface area contributed by atoms with Crippen molar-refractivity contribution in [1.82, 2.24) is 10.2 Å². The van der Waals surface area contributed by atoms with Crippen molar-refractivity contribution in [3.63, 3.8) is 0 Å². The minimum Gasteiger partial charge on any atom is -0.481 e. The molecule has 1 heterocycles. The van der Waals surface area contributed by atoms with Gasteiger partial charge in [-0.2, -0.15) is 0 Å². The summed E-state index contributed by atoms with van der Waals surface area (Å²) in [4.78, 5) is 22.5. The van der Waals surface area contributed by atoms with E-state index in [2.05, 4.69) is 20.8 Å². The van der Waals surface area contributed by atoms with E-state index in [9.17, 15) is 18.4 Å². The van der Waals surface area contributed by atoms with Gasteiger partial charge in [-0.3, -0.25) is 4.79 Å². The molecule has 0 radical (unpaired) electrons. The minimum atomic E-state index is -0.870. The number of carbonyl (C=O) groups excluding carboxylic acids is 1. The molecule has 3 aromatic rings. The van der Waals surface area contributed by atoms with Crippen molar-refractivity contribution >= 4 is 34.7 Å². The lowest BCUT2D eigenvalue weighted by Crippen LogP contribution is -2.20. The van der Waals surface area contributed by atoms with Crippen LogP contribution in [0.5, 0.6) is 0 Å². The molecule has 2 amide bonds. The molecule has 0 fully saturated rings. The second-order valence-corrected chi connectivity index (χ2v) is 7.09.